The molecule has 3 aromatic rings. The highest BCUT2D eigenvalue weighted by Gasteiger charge is 2.52. The van der Waals surface area contributed by atoms with Crippen LogP contribution < -0.4 is 5.32 Å². The number of thiocarbonyl (C=S) groups is 1. The zero-order valence-corrected chi connectivity index (χ0v) is 37.9. The van der Waals surface area contributed by atoms with Gasteiger partial charge in [-0.1, -0.05) is 91.1 Å². The number of carbonyl (C=O) groups excluding carboxylic acids is 4. The quantitative estimate of drug-likeness (QED) is 0.119. The molecule has 7 rings (SSSR count). The first-order chi connectivity index (χ1) is 31.3. The van der Waals surface area contributed by atoms with Crippen molar-refractivity contribution in [2.45, 2.75) is 121 Å². The number of aliphatic hydroxyl groups excluding tert-OH is 1. The lowest BCUT2D eigenvalue weighted by atomic mass is 9.83. The monoisotopic (exact) mass is 918 g/mol. The number of nitrogens with zero attached hydrogens (tertiary/aromatic N) is 1. The Balaban J connectivity index is 1.07. The van der Waals surface area contributed by atoms with Gasteiger partial charge in [0.2, 0.25) is 0 Å². The maximum absolute atomic E-state index is 12.3. The van der Waals surface area contributed by atoms with Crippen molar-refractivity contribution in [2.24, 2.45) is 0 Å². The molecule has 0 bridgehead atoms. The van der Waals surface area contributed by atoms with E-state index >= 15 is 0 Å². The van der Waals surface area contributed by atoms with Crippen LogP contribution in [0.3, 0.4) is 0 Å². The van der Waals surface area contributed by atoms with Gasteiger partial charge >= 0.3 is 23.9 Å². The molecule has 4 saturated heterocycles. The number of piperidine rings is 1. The van der Waals surface area contributed by atoms with Crippen LogP contribution in [-0.2, 0) is 75.0 Å². The molecule has 4 aliphatic heterocycles. The van der Waals surface area contributed by atoms with Crippen molar-refractivity contribution in [3.8, 4) is 0 Å². The van der Waals surface area contributed by atoms with Gasteiger partial charge in [0.15, 0.2) is 30.4 Å². The minimum absolute atomic E-state index is 0.0128. The Morgan fingerprint density at radius 3 is 1.88 bits per heavy atom. The Bertz CT molecular complexity index is 2090. The summed E-state index contributed by atoms with van der Waals surface area (Å²) in [5, 5.41) is 13.1. The highest BCUT2D eigenvalue weighted by atomic mass is 32.1. The fraction of sp³-hybridized carbons (Fsp3) is 0.521. The maximum Gasteiger partial charge on any atom is 0.303 e. The highest BCUT2D eigenvalue weighted by Crippen LogP contribution is 2.47. The number of likely N-dealkylation sites (tertiary alicyclic amines) is 1. The average Bonchev–Trinajstić information content (AvgIpc) is 3.75. The number of nitrogens with one attached hydrogen (secondary N) is 1. The molecule has 65 heavy (non-hydrogen) atoms. The topological polar surface area (TPSA) is 187 Å². The van der Waals surface area contributed by atoms with E-state index in [0.29, 0.717) is 31.3 Å². The molecule has 2 N–H and O–H groups in total. The molecule has 3 aromatic carbocycles. The molecule has 9 unspecified atom stereocenters. The smallest absolute Gasteiger partial charge is 0.303 e. The summed E-state index contributed by atoms with van der Waals surface area (Å²) in [7, 11) is 0. The van der Waals surface area contributed by atoms with Crippen molar-refractivity contribution in [1.82, 2.24) is 10.2 Å². The second-order valence-corrected chi connectivity index (χ2v) is 17.3. The number of hydrogen-bond acceptors (Lipinski definition) is 16. The predicted molar refractivity (Wildman–Crippen MR) is 236 cm³/mol. The molecule has 4 heterocycles. The lowest BCUT2D eigenvalue weighted by Gasteiger charge is -2.46. The van der Waals surface area contributed by atoms with Crippen LogP contribution >= 0.6 is 12.2 Å². The molecule has 9 atom stereocenters. The van der Waals surface area contributed by atoms with Crippen molar-refractivity contribution >= 4 is 41.1 Å². The SMILES string of the molecule is CC(=O)OCC1OC(CC(=S)NCc2ccc(C3OC(CN4CCC5(CC4)OCCO5)C(c4ccccc4)C(c4ccc(CO)cc4)O3)cc2)C(OC(C)=O)C(OC(C)=O)C1OC(C)=O. The highest BCUT2D eigenvalue weighted by molar-refractivity contribution is 7.80. The van der Waals surface area contributed by atoms with Gasteiger partial charge in [0.1, 0.15) is 18.8 Å². The predicted octanol–water partition coefficient (Wildman–Crippen LogP) is 4.89. The summed E-state index contributed by atoms with van der Waals surface area (Å²) in [6.45, 7) is 8.20. The lowest BCUT2D eigenvalue weighted by molar-refractivity contribution is -0.265. The Labute approximate surface area is 384 Å². The minimum Gasteiger partial charge on any atom is -0.463 e. The van der Waals surface area contributed by atoms with Crippen LogP contribution in [0.25, 0.3) is 0 Å². The zero-order valence-electron chi connectivity index (χ0n) is 37.1. The molecule has 1 spiro atoms. The summed E-state index contributed by atoms with van der Waals surface area (Å²) in [5.41, 5.74) is 4.61. The van der Waals surface area contributed by atoms with E-state index in [9.17, 15) is 24.3 Å². The first-order valence-electron chi connectivity index (χ1n) is 22.0. The van der Waals surface area contributed by atoms with Gasteiger partial charge in [-0.3, -0.25) is 19.2 Å². The zero-order chi connectivity index (χ0) is 46.1. The van der Waals surface area contributed by atoms with E-state index in [1.807, 2.05) is 66.7 Å². The van der Waals surface area contributed by atoms with Gasteiger partial charge in [-0.15, -0.1) is 0 Å². The average molecular weight is 919 g/mol. The molecular formula is C48H58N2O14S. The van der Waals surface area contributed by atoms with E-state index in [1.165, 1.54) is 27.7 Å². The fourth-order valence-corrected chi connectivity index (χ4v) is 9.25. The lowest BCUT2D eigenvalue weighted by Crippen LogP contribution is -2.62. The van der Waals surface area contributed by atoms with Crippen molar-refractivity contribution in [3.63, 3.8) is 0 Å². The van der Waals surface area contributed by atoms with E-state index < -0.39 is 66.5 Å². The van der Waals surface area contributed by atoms with Crippen LogP contribution in [0.5, 0.6) is 0 Å². The number of rotatable bonds is 15. The number of aliphatic hydroxyl groups is 1. The molecule has 0 aromatic heterocycles. The molecule has 0 saturated carbocycles. The third kappa shape index (κ3) is 12.5. The number of hydrogen-bond donors (Lipinski definition) is 2. The molecule has 0 radical (unpaired) electrons. The van der Waals surface area contributed by atoms with Crippen LogP contribution in [0.15, 0.2) is 78.9 Å². The van der Waals surface area contributed by atoms with E-state index in [4.69, 9.17) is 54.8 Å². The second-order valence-electron chi connectivity index (χ2n) is 16.8. The van der Waals surface area contributed by atoms with E-state index in [1.54, 1.807) is 0 Å². The molecule has 0 aliphatic carbocycles. The third-order valence-electron chi connectivity index (χ3n) is 12.1. The molecule has 0 amide bonds. The molecule has 350 valence electrons. The number of carbonyl (C=O) groups is 4. The molecule has 17 heteroatoms. The van der Waals surface area contributed by atoms with Crippen molar-refractivity contribution in [2.75, 3.05) is 39.5 Å². The Morgan fingerprint density at radius 2 is 1.28 bits per heavy atom. The van der Waals surface area contributed by atoms with Crippen LogP contribution in [0.1, 0.15) is 93.1 Å². The van der Waals surface area contributed by atoms with Crippen molar-refractivity contribution < 1.29 is 66.9 Å². The summed E-state index contributed by atoms with van der Waals surface area (Å²) in [5.74, 6) is -3.36. The third-order valence-corrected chi connectivity index (χ3v) is 12.4. The van der Waals surface area contributed by atoms with Gasteiger partial charge in [0.05, 0.1) is 37.0 Å². The van der Waals surface area contributed by atoms with Gasteiger partial charge in [-0.05, 0) is 22.3 Å². The van der Waals surface area contributed by atoms with Crippen molar-refractivity contribution in [1.29, 1.82) is 0 Å². The van der Waals surface area contributed by atoms with Gasteiger partial charge < -0.3 is 58.0 Å². The first-order valence-corrected chi connectivity index (χ1v) is 22.4. The summed E-state index contributed by atoms with van der Waals surface area (Å²) in [6, 6.07) is 26.0. The molecule has 4 aliphatic rings. The molecular weight excluding hydrogens is 861 g/mol. The minimum atomic E-state index is -1.28. The second kappa shape index (κ2) is 22.1. The van der Waals surface area contributed by atoms with Gasteiger partial charge in [0.25, 0.3) is 0 Å². The maximum atomic E-state index is 12.3. The summed E-state index contributed by atoms with van der Waals surface area (Å²) >= 11 is 5.75. The normalized spacial score (nSPS) is 27.6. The van der Waals surface area contributed by atoms with E-state index in [-0.39, 0.29) is 37.8 Å². The number of ether oxygens (including phenoxy) is 9. The molecule has 16 nitrogen and oxygen atoms in total. The summed E-state index contributed by atoms with van der Waals surface area (Å²) in [4.78, 5) is 51.3. The largest absolute Gasteiger partial charge is 0.463 e. The summed E-state index contributed by atoms with van der Waals surface area (Å²) in [6.07, 6.45) is -5.56. The fourth-order valence-electron chi connectivity index (χ4n) is 9.01. The van der Waals surface area contributed by atoms with E-state index in [0.717, 1.165) is 53.7 Å². The van der Waals surface area contributed by atoms with Gasteiger partial charge in [-0.2, -0.15) is 0 Å². The van der Waals surface area contributed by atoms with Gasteiger partial charge in [-0.25, -0.2) is 0 Å². The number of esters is 4. The van der Waals surface area contributed by atoms with E-state index in [2.05, 4.69) is 22.3 Å². The van der Waals surface area contributed by atoms with Gasteiger partial charge in [0, 0.05) is 84.6 Å². The van der Waals surface area contributed by atoms with Crippen LogP contribution in [0, 0.1) is 0 Å². The molecule has 4 fully saturated rings. The Morgan fingerprint density at radius 1 is 0.692 bits per heavy atom. The Kier molecular flexibility index (Phi) is 16.3. The number of benzene rings is 3. The van der Waals surface area contributed by atoms with Crippen LogP contribution in [-0.4, -0.2) is 121 Å². The standard InChI is InChI=1S/C48H58N2O14S/c1-29(52)56-28-40-45(60-31(3)54)46(61-32(4)55)44(59-30(2)53)38(62-40)24-41(65)49-25-33-10-16-37(17-11-33)47-63-39(26-50-20-18-48(19-21-50)57-22-23-58-48)42(35-8-6-5-7-9-35)43(64-47)36-14-12-34(27-51)13-15-36/h5-17,38-40,42-47,51H,18-28H2,1-4H3,(H,49,65). The van der Waals surface area contributed by atoms with Crippen molar-refractivity contribution in [3.05, 3.63) is 107 Å². The van der Waals surface area contributed by atoms with Crippen LogP contribution in [0.2, 0.25) is 0 Å². The summed E-state index contributed by atoms with van der Waals surface area (Å²) < 4.78 is 54.1. The first kappa shape index (κ1) is 48.1. The Hall–Kier alpha value is -4.85. The van der Waals surface area contributed by atoms with Crippen LogP contribution in [0.4, 0.5) is 0 Å².